The normalized spacial score (nSPS) is 19.8. The number of hydrogen-bond donors (Lipinski definition) is 0. The van der Waals surface area contributed by atoms with E-state index in [4.69, 9.17) is 0 Å². The topological polar surface area (TPSA) is 63.9 Å². The number of fused-ring (bicyclic) bond motifs is 1. The summed E-state index contributed by atoms with van der Waals surface area (Å²) >= 11 is 0. The van der Waals surface area contributed by atoms with Crippen molar-refractivity contribution in [3.05, 3.63) is 71.0 Å². The van der Waals surface area contributed by atoms with Crippen molar-refractivity contribution in [2.75, 3.05) is 4.90 Å². The van der Waals surface area contributed by atoms with Crippen LogP contribution in [-0.2, 0) is 0 Å². The number of aryl methyl sites for hydroxylation is 1. The standard InChI is InChI=1S/C22H23N5O/c1-15-11-13-16(14-12-15)26-20(18-9-5-6-10-19(18)22(26)28)21-23-24-25-27(21)17-7-3-2-4-8-17/h5-6,9-14,17,20H,2-4,7-8H2,1H3. The molecular formula is C22H23N5O. The summed E-state index contributed by atoms with van der Waals surface area (Å²) in [6.07, 6.45) is 5.85. The zero-order valence-electron chi connectivity index (χ0n) is 16.0. The Kier molecular flexibility index (Phi) is 4.19. The third-order valence-electron chi connectivity index (χ3n) is 5.96. The SMILES string of the molecule is Cc1ccc(N2C(=O)c3ccccc3C2c2nnnn2C2CCCCC2)cc1. The molecule has 0 radical (unpaired) electrons. The van der Waals surface area contributed by atoms with E-state index in [1.807, 2.05) is 65.0 Å². The molecule has 2 aliphatic rings. The van der Waals surface area contributed by atoms with Crippen molar-refractivity contribution in [2.24, 2.45) is 0 Å². The van der Waals surface area contributed by atoms with Gasteiger partial charge in [0.25, 0.3) is 5.91 Å². The molecule has 0 bridgehead atoms. The lowest BCUT2D eigenvalue weighted by molar-refractivity contribution is 0.0992. The highest BCUT2D eigenvalue weighted by Gasteiger charge is 2.42. The number of benzene rings is 2. The second kappa shape index (κ2) is 6.86. The maximum atomic E-state index is 13.3. The van der Waals surface area contributed by atoms with Crippen LogP contribution in [0.5, 0.6) is 0 Å². The molecule has 0 spiro atoms. The van der Waals surface area contributed by atoms with Crippen molar-refractivity contribution in [3.63, 3.8) is 0 Å². The van der Waals surface area contributed by atoms with Gasteiger partial charge in [-0.05, 0) is 54.0 Å². The first kappa shape index (κ1) is 17.1. The molecule has 0 N–H and O–H groups in total. The van der Waals surface area contributed by atoms with Gasteiger partial charge in [-0.25, -0.2) is 4.68 Å². The molecule has 0 saturated heterocycles. The quantitative estimate of drug-likeness (QED) is 0.689. The van der Waals surface area contributed by atoms with Gasteiger partial charge < -0.3 is 0 Å². The van der Waals surface area contributed by atoms with E-state index < -0.39 is 0 Å². The molecule has 1 atom stereocenters. The summed E-state index contributed by atoms with van der Waals surface area (Å²) in [5.41, 5.74) is 3.73. The molecular weight excluding hydrogens is 350 g/mol. The molecule has 1 fully saturated rings. The third-order valence-corrected chi connectivity index (χ3v) is 5.96. The number of nitrogens with zero attached hydrogens (tertiary/aromatic N) is 5. The van der Waals surface area contributed by atoms with Crippen LogP contribution in [-0.4, -0.2) is 26.1 Å². The van der Waals surface area contributed by atoms with Crippen molar-refractivity contribution < 1.29 is 4.79 Å². The summed E-state index contributed by atoms with van der Waals surface area (Å²) in [7, 11) is 0. The van der Waals surface area contributed by atoms with E-state index in [9.17, 15) is 4.79 Å². The van der Waals surface area contributed by atoms with Crippen LogP contribution in [0.1, 0.15) is 71.5 Å². The number of rotatable bonds is 3. The van der Waals surface area contributed by atoms with Crippen molar-refractivity contribution in [1.82, 2.24) is 20.2 Å². The van der Waals surface area contributed by atoms with Gasteiger partial charge in [0.15, 0.2) is 5.82 Å². The molecule has 1 aliphatic heterocycles. The number of carbonyl (C=O) groups excluding carboxylic acids is 1. The lowest BCUT2D eigenvalue weighted by atomic mass is 9.95. The zero-order chi connectivity index (χ0) is 19.1. The Morgan fingerprint density at radius 1 is 0.964 bits per heavy atom. The number of hydrogen-bond acceptors (Lipinski definition) is 4. The van der Waals surface area contributed by atoms with Crippen LogP contribution in [0, 0.1) is 6.92 Å². The van der Waals surface area contributed by atoms with Crippen molar-refractivity contribution in [2.45, 2.75) is 51.1 Å². The smallest absolute Gasteiger partial charge is 0.259 e. The third kappa shape index (κ3) is 2.71. The van der Waals surface area contributed by atoms with Crippen LogP contribution in [0.2, 0.25) is 0 Å². The minimum absolute atomic E-state index is 0.00245. The summed E-state index contributed by atoms with van der Waals surface area (Å²) in [5.74, 6) is 0.758. The zero-order valence-corrected chi connectivity index (χ0v) is 16.0. The van der Waals surface area contributed by atoms with Crippen LogP contribution < -0.4 is 4.90 Å². The molecule has 6 heteroatoms. The number of anilines is 1. The Hall–Kier alpha value is -3.02. The first-order chi connectivity index (χ1) is 13.7. The van der Waals surface area contributed by atoms with Gasteiger partial charge in [0.2, 0.25) is 0 Å². The Bertz CT molecular complexity index is 1000. The molecule has 142 valence electrons. The molecule has 6 nitrogen and oxygen atoms in total. The highest BCUT2D eigenvalue weighted by Crippen LogP contribution is 2.42. The largest absolute Gasteiger partial charge is 0.293 e. The fraction of sp³-hybridized carbons (Fsp3) is 0.364. The molecule has 2 heterocycles. The van der Waals surface area contributed by atoms with Crippen molar-refractivity contribution in [3.8, 4) is 0 Å². The Balaban J connectivity index is 1.64. The van der Waals surface area contributed by atoms with Crippen LogP contribution >= 0.6 is 0 Å². The van der Waals surface area contributed by atoms with Gasteiger partial charge in [0.05, 0.1) is 6.04 Å². The molecule has 2 aromatic carbocycles. The van der Waals surface area contributed by atoms with Gasteiger partial charge in [-0.2, -0.15) is 0 Å². The number of amides is 1. The molecule has 1 unspecified atom stereocenters. The summed E-state index contributed by atoms with van der Waals surface area (Å²) in [6, 6.07) is 15.9. The van der Waals surface area contributed by atoms with Gasteiger partial charge in [-0.3, -0.25) is 9.69 Å². The maximum Gasteiger partial charge on any atom is 0.259 e. The van der Waals surface area contributed by atoms with E-state index >= 15 is 0 Å². The Labute approximate surface area is 164 Å². The van der Waals surface area contributed by atoms with Crippen LogP contribution in [0.4, 0.5) is 5.69 Å². The van der Waals surface area contributed by atoms with E-state index in [2.05, 4.69) is 15.5 Å². The van der Waals surface area contributed by atoms with Crippen molar-refractivity contribution in [1.29, 1.82) is 0 Å². The molecule has 28 heavy (non-hydrogen) atoms. The lowest BCUT2D eigenvalue weighted by Crippen LogP contribution is -2.31. The predicted molar refractivity (Wildman–Crippen MR) is 106 cm³/mol. The van der Waals surface area contributed by atoms with Crippen molar-refractivity contribution >= 4 is 11.6 Å². The van der Waals surface area contributed by atoms with Crippen LogP contribution in [0.15, 0.2) is 48.5 Å². The molecule has 1 aromatic heterocycles. The number of tetrazole rings is 1. The van der Waals surface area contributed by atoms with Gasteiger partial charge in [0.1, 0.15) is 6.04 Å². The fourth-order valence-corrected chi connectivity index (χ4v) is 4.51. The maximum absolute atomic E-state index is 13.3. The average Bonchev–Trinajstić information content (AvgIpc) is 3.32. The average molecular weight is 373 g/mol. The monoisotopic (exact) mass is 373 g/mol. The predicted octanol–water partition coefficient (Wildman–Crippen LogP) is 4.24. The minimum atomic E-state index is -0.302. The van der Waals surface area contributed by atoms with E-state index in [0.29, 0.717) is 6.04 Å². The summed E-state index contributed by atoms with van der Waals surface area (Å²) < 4.78 is 1.97. The van der Waals surface area contributed by atoms with Gasteiger partial charge in [-0.1, -0.05) is 55.2 Å². The highest BCUT2D eigenvalue weighted by molar-refractivity contribution is 6.11. The summed E-state index contributed by atoms with van der Waals surface area (Å²) in [4.78, 5) is 15.2. The summed E-state index contributed by atoms with van der Waals surface area (Å²) in [5, 5.41) is 12.8. The lowest BCUT2D eigenvalue weighted by Gasteiger charge is -2.28. The van der Waals surface area contributed by atoms with Gasteiger partial charge in [0, 0.05) is 11.3 Å². The molecule has 1 aliphatic carbocycles. The molecule has 5 rings (SSSR count). The van der Waals surface area contributed by atoms with E-state index in [0.717, 1.165) is 41.0 Å². The molecule has 1 amide bonds. The highest BCUT2D eigenvalue weighted by atomic mass is 16.2. The Morgan fingerprint density at radius 3 is 2.50 bits per heavy atom. The van der Waals surface area contributed by atoms with Gasteiger partial charge in [-0.15, -0.1) is 5.10 Å². The fourth-order valence-electron chi connectivity index (χ4n) is 4.51. The number of carbonyl (C=O) groups is 1. The second-order valence-electron chi connectivity index (χ2n) is 7.77. The number of aromatic nitrogens is 4. The first-order valence-electron chi connectivity index (χ1n) is 10.0. The van der Waals surface area contributed by atoms with E-state index in [1.54, 1.807) is 0 Å². The first-order valence-corrected chi connectivity index (χ1v) is 10.0. The van der Waals surface area contributed by atoms with E-state index in [-0.39, 0.29) is 11.9 Å². The van der Waals surface area contributed by atoms with E-state index in [1.165, 1.54) is 19.3 Å². The second-order valence-corrected chi connectivity index (χ2v) is 7.77. The Morgan fingerprint density at radius 2 is 1.71 bits per heavy atom. The summed E-state index contributed by atoms with van der Waals surface area (Å²) in [6.45, 7) is 2.05. The van der Waals surface area contributed by atoms with Crippen LogP contribution in [0.3, 0.4) is 0 Å². The molecule has 1 saturated carbocycles. The minimum Gasteiger partial charge on any atom is -0.293 e. The molecule has 3 aromatic rings. The van der Waals surface area contributed by atoms with Gasteiger partial charge >= 0.3 is 0 Å². The van der Waals surface area contributed by atoms with Crippen LogP contribution in [0.25, 0.3) is 0 Å².